The lowest BCUT2D eigenvalue weighted by molar-refractivity contribution is -0.117. The first-order valence-corrected chi connectivity index (χ1v) is 13.9. The Hall–Kier alpha value is -3.83. The van der Waals surface area contributed by atoms with Crippen molar-refractivity contribution >= 4 is 41.0 Å². The molecule has 2 unspecified atom stereocenters. The van der Waals surface area contributed by atoms with Crippen LogP contribution < -0.4 is 11.1 Å². The van der Waals surface area contributed by atoms with Gasteiger partial charge < -0.3 is 30.3 Å². The Kier molecular flexibility index (Phi) is 8.18. The lowest BCUT2D eigenvalue weighted by Crippen LogP contribution is -2.37. The number of hydrogen-bond acceptors (Lipinski definition) is 9. The fraction of sp³-hybridized carbons (Fsp3) is 0.357. The van der Waals surface area contributed by atoms with Crippen LogP contribution in [0.3, 0.4) is 0 Å². The number of morpholine rings is 1. The van der Waals surface area contributed by atoms with Gasteiger partial charge in [0.05, 0.1) is 30.0 Å². The molecule has 0 saturated carbocycles. The normalized spacial score (nSPS) is 21.7. The summed E-state index contributed by atoms with van der Waals surface area (Å²) in [6, 6.07) is 16.8. The zero-order valence-corrected chi connectivity index (χ0v) is 22.9. The average molecular weight is 548 g/mol. The van der Waals surface area contributed by atoms with Crippen LogP contribution in [0.1, 0.15) is 30.9 Å². The monoisotopic (exact) mass is 547 g/mol. The van der Waals surface area contributed by atoms with Gasteiger partial charge in [-0.05, 0) is 12.5 Å². The summed E-state index contributed by atoms with van der Waals surface area (Å²) in [5, 5.41) is 12.9. The summed E-state index contributed by atoms with van der Waals surface area (Å²) in [7, 11) is 1.97. The molecule has 2 aromatic carbocycles. The van der Waals surface area contributed by atoms with Gasteiger partial charge in [0, 0.05) is 31.3 Å². The SMILES string of the molecule is CCCC1SC(N2CCOCC2)=C(C(=N)OC(N)=NC2N=C(c3ccccc3)c3ccccc3NC2=O)N1C. The highest BCUT2D eigenvalue weighted by Gasteiger charge is 2.36. The minimum atomic E-state index is -1.18. The van der Waals surface area contributed by atoms with Gasteiger partial charge in [0.15, 0.2) is 0 Å². The van der Waals surface area contributed by atoms with Crippen LogP contribution in [0.2, 0.25) is 0 Å². The summed E-state index contributed by atoms with van der Waals surface area (Å²) in [6.07, 6.45) is 0.802. The third-order valence-electron chi connectivity index (χ3n) is 6.71. The molecular weight excluding hydrogens is 514 g/mol. The first-order chi connectivity index (χ1) is 19.0. The molecule has 3 heterocycles. The number of carbonyl (C=O) groups is 1. The van der Waals surface area contributed by atoms with Crippen molar-refractivity contribution in [2.24, 2.45) is 15.7 Å². The first-order valence-electron chi connectivity index (χ1n) is 13.1. The number of amidine groups is 1. The predicted molar refractivity (Wildman–Crippen MR) is 155 cm³/mol. The summed E-state index contributed by atoms with van der Waals surface area (Å²) in [4.78, 5) is 26.4. The van der Waals surface area contributed by atoms with Crippen LogP contribution in [0, 0.1) is 5.41 Å². The number of ether oxygens (including phenoxy) is 2. The molecule has 2 atom stereocenters. The smallest absolute Gasteiger partial charge is 0.291 e. The molecule has 1 fully saturated rings. The third kappa shape index (κ3) is 5.79. The molecule has 10 nitrogen and oxygen atoms in total. The second-order valence-corrected chi connectivity index (χ2v) is 10.5. The summed E-state index contributed by atoms with van der Waals surface area (Å²) in [5.41, 5.74) is 9.74. The van der Waals surface area contributed by atoms with E-state index in [1.165, 1.54) is 0 Å². The van der Waals surface area contributed by atoms with E-state index in [0.717, 1.165) is 42.1 Å². The number of nitrogens with one attached hydrogen (secondary N) is 2. The second kappa shape index (κ2) is 11.9. The highest BCUT2D eigenvalue weighted by atomic mass is 32.2. The number of rotatable bonds is 6. The van der Waals surface area contributed by atoms with Crippen molar-refractivity contribution in [3.05, 3.63) is 76.5 Å². The maximum Gasteiger partial charge on any atom is 0.291 e. The number of hydrogen-bond donors (Lipinski definition) is 3. The Morgan fingerprint density at radius 1 is 1.21 bits per heavy atom. The Morgan fingerprint density at radius 2 is 1.92 bits per heavy atom. The number of benzodiazepines with no additional fused rings is 1. The van der Waals surface area contributed by atoms with Crippen LogP contribution in [0.15, 0.2) is 75.3 Å². The van der Waals surface area contributed by atoms with Crippen molar-refractivity contribution in [2.45, 2.75) is 31.3 Å². The van der Waals surface area contributed by atoms with Gasteiger partial charge in [-0.1, -0.05) is 73.6 Å². The van der Waals surface area contributed by atoms with Gasteiger partial charge in [-0.15, -0.1) is 0 Å². The van der Waals surface area contributed by atoms with Crippen LogP contribution in [-0.2, 0) is 14.3 Å². The molecule has 204 valence electrons. The van der Waals surface area contributed by atoms with Crippen molar-refractivity contribution in [2.75, 3.05) is 38.7 Å². The van der Waals surface area contributed by atoms with Crippen LogP contribution in [0.5, 0.6) is 0 Å². The van der Waals surface area contributed by atoms with Crippen molar-refractivity contribution in [3.63, 3.8) is 0 Å². The van der Waals surface area contributed by atoms with E-state index >= 15 is 0 Å². The molecule has 0 spiro atoms. The maximum atomic E-state index is 13.1. The summed E-state index contributed by atoms with van der Waals surface area (Å²) in [5.74, 6) is -0.549. The molecule has 4 N–H and O–H groups in total. The van der Waals surface area contributed by atoms with E-state index in [1.54, 1.807) is 11.8 Å². The molecule has 3 aliphatic rings. The van der Waals surface area contributed by atoms with Crippen LogP contribution in [-0.4, -0.2) is 78.2 Å². The van der Waals surface area contributed by atoms with E-state index in [0.29, 0.717) is 30.3 Å². The Balaban J connectivity index is 1.43. The molecular formula is C28H33N7O3S. The number of carbonyl (C=O) groups excluding carboxylic acids is 1. The standard InChI is InChI=1S/C28H33N7O3S/c1-3-9-21-34(2)23(27(39-21)35-14-16-37-17-15-35)24(29)38-28(30)33-25-26(36)31-20-13-8-7-12-19(20)22(32-25)18-10-5-4-6-11-18/h4-8,10-13,21,25,29H,3,9,14-17H2,1-2H3,(H2,30,33)(H,31,36). The minimum Gasteiger partial charge on any atom is -0.405 e. The molecule has 0 bridgehead atoms. The quantitative estimate of drug-likeness (QED) is 0.373. The topological polar surface area (TPSA) is 129 Å². The van der Waals surface area contributed by atoms with Crippen LogP contribution >= 0.6 is 11.8 Å². The number of anilines is 1. The van der Waals surface area contributed by atoms with Crippen molar-refractivity contribution in [1.82, 2.24) is 9.80 Å². The number of para-hydroxylation sites is 1. The molecule has 11 heteroatoms. The van der Waals surface area contributed by atoms with E-state index < -0.39 is 12.1 Å². The Morgan fingerprint density at radius 3 is 2.67 bits per heavy atom. The van der Waals surface area contributed by atoms with Gasteiger partial charge in [0.2, 0.25) is 12.1 Å². The van der Waals surface area contributed by atoms with Gasteiger partial charge in [-0.3, -0.25) is 10.2 Å². The average Bonchev–Trinajstić information content (AvgIpc) is 3.20. The number of fused-ring (bicyclic) bond motifs is 1. The molecule has 3 aliphatic heterocycles. The van der Waals surface area contributed by atoms with Gasteiger partial charge in [0.1, 0.15) is 10.7 Å². The Bertz CT molecular complexity index is 1320. The second-order valence-electron chi connectivity index (χ2n) is 9.38. The van der Waals surface area contributed by atoms with Crippen molar-refractivity contribution in [1.29, 1.82) is 5.41 Å². The highest BCUT2D eigenvalue weighted by molar-refractivity contribution is 8.03. The highest BCUT2D eigenvalue weighted by Crippen LogP contribution is 2.41. The van der Waals surface area contributed by atoms with Gasteiger partial charge in [-0.2, -0.15) is 4.99 Å². The molecule has 39 heavy (non-hydrogen) atoms. The zero-order valence-electron chi connectivity index (χ0n) is 22.1. The molecule has 0 radical (unpaired) electrons. The van der Waals surface area contributed by atoms with Crippen LogP contribution in [0.25, 0.3) is 0 Å². The lowest BCUT2D eigenvalue weighted by atomic mass is 10.0. The number of amides is 1. The summed E-state index contributed by atoms with van der Waals surface area (Å²) < 4.78 is 11.3. The maximum absolute atomic E-state index is 13.1. The van der Waals surface area contributed by atoms with Gasteiger partial charge in [0.25, 0.3) is 11.9 Å². The van der Waals surface area contributed by atoms with Crippen molar-refractivity contribution < 1.29 is 14.3 Å². The fourth-order valence-corrected chi connectivity index (χ4v) is 6.32. The number of benzene rings is 2. The summed E-state index contributed by atoms with van der Waals surface area (Å²) >= 11 is 1.73. The number of aliphatic imine (C=N–C) groups is 2. The predicted octanol–water partition coefficient (Wildman–Crippen LogP) is 3.42. The van der Waals surface area contributed by atoms with E-state index in [4.69, 9.17) is 25.6 Å². The van der Waals surface area contributed by atoms with Crippen molar-refractivity contribution in [3.8, 4) is 0 Å². The van der Waals surface area contributed by atoms with Crippen LogP contribution in [0.4, 0.5) is 5.69 Å². The van der Waals surface area contributed by atoms with Gasteiger partial charge in [-0.25, -0.2) is 4.99 Å². The molecule has 0 aliphatic carbocycles. The number of likely N-dealkylation sites (N-methyl/N-ethyl adjacent to an activating group) is 1. The molecule has 2 aromatic rings. The lowest BCUT2D eigenvalue weighted by Gasteiger charge is -2.29. The Labute approximate surface area is 232 Å². The molecule has 0 aromatic heterocycles. The largest absolute Gasteiger partial charge is 0.405 e. The van der Waals surface area contributed by atoms with E-state index in [-0.39, 0.29) is 17.3 Å². The van der Waals surface area contributed by atoms with Gasteiger partial charge >= 0.3 is 0 Å². The minimum absolute atomic E-state index is 0.115. The van der Waals surface area contributed by atoms with E-state index in [1.807, 2.05) is 61.6 Å². The third-order valence-corrected chi connectivity index (χ3v) is 8.21. The first kappa shape index (κ1) is 26.8. The summed E-state index contributed by atoms with van der Waals surface area (Å²) in [6.45, 7) is 4.91. The fourth-order valence-electron chi connectivity index (χ4n) is 4.77. The van der Waals surface area contributed by atoms with E-state index in [2.05, 4.69) is 27.0 Å². The van der Waals surface area contributed by atoms with E-state index in [9.17, 15) is 4.79 Å². The zero-order chi connectivity index (χ0) is 27.4. The molecule has 1 amide bonds. The number of nitrogens with two attached hydrogens (primary N) is 1. The molecule has 1 saturated heterocycles. The number of thioether (sulfide) groups is 1. The molecule has 5 rings (SSSR count). The number of nitrogens with zero attached hydrogens (tertiary/aromatic N) is 4.